The van der Waals surface area contributed by atoms with E-state index in [0.717, 1.165) is 29.5 Å². The van der Waals surface area contributed by atoms with E-state index in [-0.39, 0.29) is 0 Å². The summed E-state index contributed by atoms with van der Waals surface area (Å²) < 4.78 is 0. The number of hydrogen-bond acceptors (Lipinski definition) is 2. The van der Waals surface area contributed by atoms with Crippen molar-refractivity contribution < 1.29 is 4.79 Å². The molecule has 0 spiro atoms. The van der Waals surface area contributed by atoms with E-state index in [0.29, 0.717) is 12.1 Å². The number of hydrogen-bond donors (Lipinski definition) is 3. The lowest BCUT2D eigenvalue weighted by Gasteiger charge is -2.12. The molecule has 1 amide bonds. The third kappa shape index (κ3) is 5.59. The Morgan fingerprint density at radius 3 is 2.50 bits per heavy atom. The zero-order chi connectivity index (χ0) is 17.4. The zero-order valence-corrected chi connectivity index (χ0v) is 14.3. The molecule has 2 aromatic rings. The molecule has 0 aliphatic rings. The van der Waals surface area contributed by atoms with Crippen LogP contribution in [0.4, 0.5) is 0 Å². The SMILES string of the molecule is CN=C(NCCc1cccc(Cl)c1)NCc1ccc(C(N)=O)cc1. The first-order valence-corrected chi connectivity index (χ1v) is 8.04. The van der Waals surface area contributed by atoms with E-state index in [2.05, 4.69) is 15.6 Å². The van der Waals surface area contributed by atoms with Crippen LogP contribution in [0, 0.1) is 0 Å². The number of nitrogens with zero attached hydrogens (tertiary/aromatic N) is 1. The van der Waals surface area contributed by atoms with Crippen LogP contribution in [0.2, 0.25) is 5.02 Å². The molecule has 0 saturated heterocycles. The number of carbonyl (C=O) groups is 1. The average Bonchev–Trinajstić information content (AvgIpc) is 2.58. The maximum absolute atomic E-state index is 11.1. The molecule has 0 aliphatic carbocycles. The van der Waals surface area contributed by atoms with Gasteiger partial charge < -0.3 is 16.4 Å². The monoisotopic (exact) mass is 344 g/mol. The van der Waals surface area contributed by atoms with Crippen LogP contribution < -0.4 is 16.4 Å². The van der Waals surface area contributed by atoms with Gasteiger partial charge >= 0.3 is 0 Å². The van der Waals surface area contributed by atoms with Crippen LogP contribution in [0.3, 0.4) is 0 Å². The Balaban J connectivity index is 1.79. The van der Waals surface area contributed by atoms with Gasteiger partial charge in [0.1, 0.15) is 0 Å². The fraction of sp³-hybridized carbons (Fsp3) is 0.222. The van der Waals surface area contributed by atoms with E-state index < -0.39 is 5.91 Å². The Morgan fingerprint density at radius 2 is 1.88 bits per heavy atom. The van der Waals surface area contributed by atoms with E-state index in [1.807, 2.05) is 36.4 Å². The van der Waals surface area contributed by atoms with Gasteiger partial charge in [0, 0.05) is 30.7 Å². The molecule has 0 atom stereocenters. The van der Waals surface area contributed by atoms with Crippen molar-refractivity contribution in [2.24, 2.45) is 10.7 Å². The van der Waals surface area contributed by atoms with Gasteiger partial charge in [-0.25, -0.2) is 0 Å². The van der Waals surface area contributed by atoms with Crippen molar-refractivity contribution in [3.63, 3.8) is 0 Å². The zero-order valence-electron chi connectivity index (χ0n) is 13.6. The molecular formula is C18H21ClN4O. The maximum atomic E-state index is 11.1. The van der Waals surface area contributed by atoms with E-state index in [9.17, 15) is 4.79 Å². The molecule has 6 heteroatoms. The van der Waals surface area contributed by atoms with Crippen LogP contribution in [-0.2, 0) is 13.0 Å². The smallest absolute Gasteiger partial charge is 0.248 e. The van der Waals surface area contributed by atoms with Gasteiger partial charge in [-0.05, 0) is 41.8 Å². The fourth-order valence-electron chi connectivity index (χ4n) is 2.21. The molecule has 0 bridgehead atoms. The van der Waals surface area contributed by atoms with Crippen LogP contribution in [0.5, 0.6) is 0 Å². The van der Waals surface area contributed by atoms with Crippen LogP contribution in [0.15, 0.2) is 53.5 Å². The second-order valence-corrected chi connectivity index (χ2v) is 5.73. The number of carbonyl (C=O) groups excluding carboxylic acids is 1. The largest absolute Gasteiger partial charge is 0.366 e. The van der Waals surface area contributed by atoms with Gasteiger partial charge in [-0.2, -0.15) is 0 Å². The summed E-state index contributed by atoms with van der Waals surface area (Å²) in [7, 11) is 1.73. The minimum absolute atomic E-state index is 0.423. The minimum atomic E-state index is -0.423. The van der Waals surface area contributed by atoms with Crippen LogP contribution in [0.25, 0.3) is 0 Å². The van der Waals surface area contributed by atoms with Crippen molar-refractivity contribution in [2.45, 2.75) is 13.0 Å². The van der Waals surface area contributed by atoms with Gasteiger partial charge in [0.25, 0.3) is 0 Å². The second-order valence-electron chi connectivity index (χ2n) is 5.29. The van der Waals surface area contributed by atoms with E-state index in [1.54, 1.807) is 19.2 Å². The summed E-state index contributed by atoms with van der Waals surface area (Å²) in [4.78, 5) is 15.2. The molecule has 2 rings (SSSR count). The number of halogens is 1. The highest BCUT2D eigenvalue weighted by Gasteiger charge is 2.02. The molecule has 126 valence electrons. The number of aliphatic imine (C=N–C) groups is 1. The van der Waals surface area contributed by atoms with Gasteiger partial charge in [0.2, 0.25) is 5.91 Å². The van der Waals surface area contributed by atoms with Crippen molar-refractivity contribution in [3.8, 4) is 0 Å². The molecule has 0 unspecified atom stereocenters. The molecule has 0 heterocycles. The predicted molar refractivity (Wildman–Crippen MR) is 98.3 cm³/mol. The summed E-state index contributed by atoms with van der Waals surface area (Å²) in [6.07, 6.45) is 0.856. The van der Waals surface area contributed by atoms with Gasteiger partial charge in [-0.1, -0.05) is 35.9 Å². The van der Waals surface area contributed by atoms with Crippen LogP contribution in [0.1, 0.15) is 21.5 Å². The summed E-state index contributed by atoms with van der Waals surface area (Å²) in [5.74, 6) is 0.295. The molecule has 0 aliphatic heterocycles. The topological polar surface area (TPSA) is 79.5 Å². The van der Waals surface area contributed by atoms with Crippen LogP contribution in [-0.4, -0.2) is 25.5 Å². The quantitative estimate of drug-likeness (QED) is 0.556. The third-order valence-corrected chi connectivity index (χ3v) is 3.75. The molecule has 24 heavy (non-hydrogen) atoms. The Kier molecular flexibility index (Phi) is 6.63. The Bertz CT molecular complexity index is 713. The first-order valence-electron chi connectivity index (χ1n) is 7.66. The lowest BCUT2D eigenvalue weighted by Crippen LogP contribution is -2.37. The molecular weight excluding hydrogens is 324 g/mol. The molecule has 0 aromatic heterocycles. The van der Waals surface area contributed by atoms with E-state index >= 15 is 0 Å². The predicted octanol–water partition coefficient (Wildman–Crippen LogP) is 2.35. The molecule has 4 N–H and O–H groups in total. The van der Waals surface area contributed by atoms with Crippen LogP contribution >= 0.6 is 11.6 Å². The Morgan fingerprint density at radius 1 is 1.12 bits per heavy atom. The summed E-state index contributed by atoms with van der Waals surface area (Å²) in [6, 6.07) is 15.0. The standard InChI is InChI=1S/C18H21ClN4O/c1-21-18(22-10-9-13-3-2-4-16(19)11-13)23-12-14-5-7-15(8-6-14)17(20)24/h2-8,11H,9-10,12H2,1H3,(H2,20,24)(H2,21,22,23). The second kappa shape index (κ2) is 8.93. The van der Waals surface area contributed by atoms with Crippen molar-refractivity contribution in [1.82, 2.24) is 10.6 Å². The molecule has 0 radical (unpaired) electrons. The van der Waals surface area contributed by atoms with E-state index in [4.69, 9.17) is 17.3 Å². The van der Waals surface area contributed by atoms with Crippen molar-refractivity contribution in [3.05, 3.63) is 70.2 Å². The number of amides is 1. The first kappa shape index (κ1) is 17.8. The fourth-order valence-corrected chi connectivity index (χ4v) is 2.42. The lowest BCUT2D eigenvalue weighted by molar-refractivity contribution is 0.100. The van der Waals surface area contributed by atoms with E-state index in [1.165, 1.54) is 5.56 Å². The van der Waals surface area contributed by atoms with Gasteiger partial charge in [-0.3, -0.25) is 9.79 Å². The molecule has 2 aromatic carbocycles. The highest BCUT2D eigenvalue weighted by Crippen LogP contribution is 2.10. The number of nitrogens with two attached hydrogens (primary N) is 1. The molecule has 0 fully saturated rings. The number of nitrogens with one attached hydrogen (secondary N) is 2. The van der Waals surface area contributed by atoms with Crippen molar-refractivity contribution in [1.29, 1.82) is 0 Å². The number of primary amides is 1. The van der Waals surface area contributed by atoms with Gasteiger partial charge in [0.05, 0.1) is 0 Å². The maximum Gasteiger partial charge on any atom is 0.248 e. The summed E-state index contributed by atoms with van der Waals surface area (Å²) in [6.45, 7) is 1.36. The van der Waals surface area contributed by atoms with Gasteiger partial charge in [0.15, 0.2) is 5.96 Å². The van der Waals surface area contributed by atoms with Gasteiger partial charge in [-0.15, -0.1) is 0 Å². The Labute approximate surface area is 146 Å². The third-order valence-electron chi connectivity index (χ3n) is 3.52. The highest BCUT2D eigenvalue weighted by atomic mass is 35.5. The average molecular weight is 345 g/mol. The summed E-state index contributed by atoms with van der Waals surface area (Å²) >= 11 is 5.98. The van der Waals surface area contributed by atoms with Crippen molar-refractivity contribution >= 4 is 23.5 Å². The summed E-state index contributed by atoms with van der Waals surface area (Å²) in [5.41, 5.74) is 7.94. The molecule has 5 nitrogen and oxygen atoms in total. The first-order chi connectivity index (χ1) is 11.6. The highest BCUT2D eigenvalue weighted by molar-refractivity contribution is 6.30. The van der Waals surface area contributed by atoms with Crippen molar-refractivity contribution in [2.75, 3.05) is 13.6 Å². The molecule has 0 saturated carbocycles. The summed E-state index contributed by atoms with van der Waals surface area (Å²) in [5, 5.41) is 7.23. The number of rotatable bonds is 6. The minimum Gasteiger partial charge on any atom is -0.366 e. The Hall–Kier alpha value is -2.53. The number of benzene rings is 2. The lowest BCUT2D eigenvalue weighted by atomic mass is 10.1. The number of guanidine groups is 1. The normalized spacial score (nSPS) is 11.2.